The Hall–Kier alpha value is -1.19. The van der Waals surface area contributed by atoms with E-state index in [0.717, 1.165) is 6.20 Å². The minimum Gasteiger partial charge on any atom is -0.318 e. The summed E-state index contributed by atoms with van der Waals surface area (Å²) in [5, 5.41) is 0. The van der Waals surface area contributed by atoms with E-state index in [0.29, 0.717) is 16.9 Å². The van der Waals surface area contributed by atoms with Crippen LogP contribution >= 0.6 is 27.3 Å². The summed E-state index contributed by atoms with van der Waals surface area (Å²) in [6.45, 7) is 1.58. The number of halogens is 2. The number of aryl methyl sites for hydroxylation is 1. The standard InChI is InChI=1S/C10H8BrFN2O3S2/c1-5-2-7(12)6(11)3-8(5)14-19(16,17)9-4-13-10(15)18-9/h2-4,14H,1H3,(H,13,15). The first-order valence-corrected chi connectivity index (χ1v) is 8.06. The molecule has 2 rings (SSSR count). The van der Waals surface area contributed by atoms with Crippen LogP contribution in [0.3, 0.4) is 0 Å². The van der Waals surface area contributed by atoms with Gasteiger partial charge < -0.3 is 4.98 Å². The van der Waals surface area contributed by atoms with E-state index in [2.05, 4.69) is 25.6 Å². The number of aromatic amines is 1. The van der Waals surface area contributed by atoms with Crippen molar-refractivity contribution >= 4 is 43.0 Å². The Balaban J connectivity index is 2.41. The van der Waals surface area contributed by atoms with Crippen LogP contribution in [-0.4, -0.2) is 13.4 Å². The summed E-state index contributed by atoms with van der Waals surface area (Å²) < 4.78 is 39.6. The zero-order chi connectivity index (χ0) is 14.2. The summed E-state index contributed by atoms with van der Waals surface area (Å²) >= 11 is 3.56. The fourth-order valence-corrected chi connectivity index (χ4v) is 3.73. The number of H-pyrrole nitrogens is 1. The van der Waals surface area contributed by atoms with Crippen molar-refractivity contribution in [1.82, 2.24) is 4.98 Å². The van der Waals surface area contributed by atoms with Crippen LogP contribution in [0.1, 0.15) is 5.56 Å². The van der Waals surface area contributed by atoms with E-state index in [4.69, 9.17) is 0 Å². The molecule has 19 heavy (non-hydrogen) atoms. The Labute approximate surface area is 120 Å². The highest BCUT2D eigenvalue weighted by Crippen LogP contribution is 2.26. The minimum absolute atomic E-state index is 0.127. The highest BCUT2D eigenvalue weighted by molar-refractivity contribution is 9.10. The highest BCUT2D eigenvalue weighted by atomic mass is 79.9. The molecule has 0 aliphatic heterocycles. The molecule has 1 heterocycles. The van der Waals surface area contributed by atoms with Crippen molar-refractivity contribution in [3.05, 3.63) is 43.9 Å². The van der Waals surface area contributed by atoms with Gasteiger partial charge >= 0.3 is 4.87 Å². The van der Waals surface area contributed by atoms with Crippen LogP contribution in [0.5, 0.6) is 0 Å². The summed E-state index contributed by atoms with van der Waals surface area (Å²) in [6.07, 6.45) is 1.11. The maximum atomic E-state index is 13.3. The van der Waals surface area contributed by atoms with E-state index >= 15 is 0 Å². The number of aromatic nitrogens is 1. The fourth-order valence-electron chi connectivity index (χ4n) is 1.35. The van der Waals surface area contributed by atoms with E-state index in [1.165, 1.54) is 12.1 Å². The van der Waals surface area contributed by atoms with Crippen LogP contribution in [0.15, 0.2) is 31.8 Å². The second kappa shape index (κ2) is 5.06. The molecule has 0 spiro atoms. The molecular formula is C10H8BrFN2O3S2. The summed E-state index contributed by atoms with van der Waals surface area (Å²) in [7, 11) is -3.85. The van der Waals surface area contributed by atoms with Crippen molar-refractivity contribution in [1.29, 1.82) is 0 Å². The molecular weight excluding hydrogens is 359 g/mol. The number of nitrogens with one attached hydrogen (secondary N) is 2. The molecule has 102 valence electrons. The summed E-state index contributed by atoms with van der Waals surface area (Å²) in [6, 6.07) is 2.54. The van der Waals surface area contributed by atoms with Crippen LogP contribution in [0.4, 0.5) is 10.1 Å². The number of thiazole rings is 1. The van der Waals surface area contributed by atoms with Crippen molar-refractivity contribution in [2.45, 2.75) is 11.1 Å². The number of rotatable bonds is 3. The zero-order valence-electron chi connectivity index (χ0n) is 9.53. The van der Waals surface area contributed by atoms with E-state index in [1.54, 1.807) is 6.92 Å². The second-order valence-corrected chi connectivity index (χ2v) is 7.46. The van der Waals surface area contributed by atoms with Gasteiger partial charge in [0.2, 0.25) is 0 Å². The van der Waals surface area contributed by atoms with E-state index < -0.39 is 20.7 Å². The molecule has 1 aromatic heterocycles. The average molecular weight is 367 g/mol. The largest absolute Gasteiger partial charge is 0.318 e. The molecule has 1 aromatic carbocycles. The molecule has 0 radical (unpaired) electrons. The summed E-state index contributed by atoms with van der Waals surface area (Å²) in [4.78, 5) is 12.8. The molecule has 0 atom stereocenters. The number of hydrogen-bond acceptors (Lipinski definition) is 4. The molecule has 0 saturated carbocycles. The van der Waals surface area contributed by atoms with E-state index in [-0.39, 0.29) is 14.4 Å². The van der Waals surface area contributed by atoms with Crippen LogP contribution < -0.4 is 9.60 Å². The topological polar surface area (TPSA) is 79.0 Å². The van der Waals surface area contributed by atoms with Gasteiger partial charge in [-0.15, -0.1) is 0 Å². The summed E-state index contributed by atoms with van der Waals surface area (Å²) in [5.74, 6) is -0.480. The summed E-state index contributed by atoms with van der Waals surface area (Å²) in [5.41, 5.74) is 0.682. The lowest BCUT2D eigenvalue weighted by Gasteiger charge is -2.09. The van der Waals surface area contributed by atoms with Gasteiger partial charge in [-0.2, -0.15) is 0 Å². The lowest BCUT2D eigenvalue weighted by Crippen LogP contribution is -2.12. The Kier molecular flexibility index (Phi) is 3.79. The van der Waals surface area contributed by atoms with Crippen molar-refractivity contribution < 1.29 is 12.8 Å². The molecule has 0 fully saturated rings. The van der Waals surface area contributed by atoms with Gasteiger partial charge in [0.05, 0.1) is 10.2 Å². The molecule has 0 aliphatic carbocycles. The quantitative estimate of drug-likeness (QED) is 0.875. The van der Waals surface area contributed by atoms with Crippen molar-refractivity contribution in [2.24, 2.45) is 0 Å². The van der Waals surface area contributed by atoms with Gasteiger partial charge in [0.25, 0.3) is 10.0 Å². The zero-order valence-corrected chi connectivity index (χ0v) is 12.7. The molecule has 0 saturated heterocycles. The van der Waals surface area contributed by atoms with Crippen LogP contribution in [-0.2, 0) is 10.0 Å². The van der Waals surface area contributed by atoms with Crippen LogP contribution in [0, 0.1) is 12.7 Å². The number of sulfonamides is 1. The number of benzene rings is 1. The smallest absolute Gasteiger partial charge is 0.305 e. The van der Waals surface area contributed by atoms with Gasteiger partial charge in [0.15, 0.2) is 4.21 Å². The van der Waals surface area contributed by atoms with Crippen molar-refractivity contribution in [3.63, 3.8) is 0 Å². The number of hydrogen-bond donors (Lipinski definition) is 2. The first-order chi connectivity index (χ1) is 8.79. The predicted molar refractivity (Wildman–Crippen MR) is 74.6 cm³/mol. The van der Waals surface area contributed by atoms with Gasteiger partial charge in [-0.05, 0) is 40.5 Å². The monoisotopic (exact) mass is 366 g/mol. The van der Waals surface area contributed by atoms with Gasteiger partial charge in [0, 0.05) is 6.20 Å². The minimum atomic E-state index is -3.85. The lowest BCUT2D eigenvalue weighted by molar-refractivity contribution is 0.602. The average Bonchev–Trinajstić information content (AvgIpc) is 2.73. The molecule has 9 heteroatoms. The molecule has 2 N–H and O–H groups in total. The van der Waals surface area contributed by atoms with E-state index in [1.807, 2.05) is 0 Å². The second-order valence-electron chi connectivity index (χ2n) is 3.68. The highest BCUT2D eigenvalue weighted by Gasteiger charge is 2.18. The van der Waals surface area contributed by atoms with Crippen molar-refractivity contribution in [3.8, 4) is 0 Å². The maximum absolute atomic E-state index is 13.3. The third-order valence-corrected chi connectivity index (χ3v) is 5.55. The van der Waals surface area contributed by atoms with Gasteiger partial charge in [0.1, 0.15) is 5.82 Å². The normalized spacial score (nSPS) is 11.5. The van der Waals surface area contributed by atoms with E-state index in [9.17, 15) is 17.6 Å². The number of anilines is 1. The first-order valence-electron chi connectivity index (χ1n) is 4.96. The molecule has 2 aromatic rings. The van der Waals surface area contributed by atoms with Gasteiger partial charge in [-0.1, -0.05) is 11.3 Å². The third-order valence-electron chi connectivity index (χ3n) is 2.28. The van der Waals surface area contributed by atoms with Crippen molar-refractivity contribution in [2.75, 3.05) is 4.72 Å². The Morgan fingerprint density at radius 1 is 1.42 bits per heavy atom. The molecule has 0 amide bonds. The Morgan fingerprint density at radius 2 is 2.11 bits per heavy atom. The molecule has 0 bridgehead atoms. The maximum Gasteiger partial charge on any atom is 0.305 e. The molecule has 0 unspecified atom stereocenters. The Bertz CT molecular complexity index is 782. The predicted octanol–water partition coefficient (Wildman–Crippen LogP) is 2.45. The van der Waals surface area contributed by atoms with Crippen LogP contribution in [0.2, 0.25) is 0 Å². The van der Waals surface area contributed by atoms with Gasteiger partial charge in [-0.3, -0.25) is 9.52 Å². The van der Waals surface area contributed by atoms with Gasteiger partial charge in [-0.25, -0.2) is 12.8 Å². The van der Waals surface area contributed by atoms with Crippen LogP contribution in [0.25, 0.3) is 0 Å². The SMILES string of the molecule is Cc1cc(F)c(Br)cc1NS(=O)(=O)c1c[nH]c(=O)s1. The molecule has 5 nitrogen and oxygen atoms in total. The lowest BCUT2D eigenvalue weighted by atomic mass is 10.2. The first kappa shape index (κ1) is 14.2. The fraction of sp³-hybridized carbons (Fsp3) is 0.100. The Morgan fingerprint density at radius 3 is 2.68 bits per heavy atom. The molecule has 0 aliphatic rings. The third kappa shape index (κ3) is 3.04.